The summed E-state index contributed by atoms with van der Waals surface area (Å²) in [5.41, 5.74) is 4.36. The smallest absolute Gasteiger partial charge is 0.251 e. The highest BCUT2D eigenvalue weighted by Crippen LogP contribution is 2.17. The molecule has 30 heavy (non-hydrogen) atoms. The number of para-hydroxylation sites is 1. The summed E-state index contributed by atoms with van der Waals surface area (Å²) in [6.07, 6.45) is 0. The minimum absolute atomic E-state index is 0.0145. The summed E-state index contributed by atoms with van der Waals surface area (Å²) in [6.45, 7) is 7.11. The molecule has 0 aromatic heterocycles. The van der Waals surface area contributed by atoms with E-state index >= 15 is 0 Å². The number of nitrogens with one attached hydrogen (secondary N) is 1. The van der Waals surface area contributed by atoms with Crippen molar-refractivity contribution in [3.8, 4) is 0 Å². The summed E-state index contributed by atoms with van der Waals surface area (Å²) in [6, 6.07) is 28.7. The summed E-state index contributed by atoms with van der Waals surface area (Å²) >= 11 is 0. The molecule has 1 unspecified atom stereocenters. The molecule has 0 radical (unpaired) electrons. The van der Waals surface area contributed by atoms with Crippen molar-refractivity contribution in [2.24, 2.45) is 0 Å². The van der Waals surface area contributed by atoms with E-state index < -0.39 is 0 Å². The summed E-state index contributed by atoms with van der Waals surface area (Å²) in [4.78, 5) is 17.5. The van der Waals surface area contributed by atoms with Gasteiger partial charge in [0.05, 0.1) is 6.04 Å². The van der Waals surface area contributed by atoms with Crippen LogP contribution in [-0.4, -0.2) is 37.0 Å². The molecule has 0 bridgehead atoms. The van der Waals surface area contributed by atoms with Crippen LogP contribution in [0.15, 0.2) is 84.9 Å². The first kappa shape index (κ1) is 20.2. The standard InChI is InChI=1S/C26H29N3O/c1-21(23-8-4-2-5-9-23)27-26(30)24-14-12-22(13-15-24)20-28-16-18-29(19-17-28)25-10-6-3-7-11-25/h2-15,21H,16-20H2,1H3,(H,27,30). The number of carbonyl (C=O) groups is 1. The molecule has 1 atom stereocenters. The molecular formula is C26H29N3O. The molecule has 1 fully saturated rings. The zero-order valence-electron chi connectivity index (χ0n) is 17.5. The summed E-state index contributed by atoms with van der Waals surface area (Å²) in [5.74, 6) is -0.0330. The Morgan fingerprint density at radius 3 is 2.07 bits per heavy atom. The highest BCUT2D eigenvalue weighted by atomic mass is 16.1. The predicted molar refractivity (Wildman–Crippen MR) is 123 cm³/mol. The molecule has 0 spiro atoms. The van der Waals surface area contributed by atoms with Gasteiger partial charge in [-0.2, -0.15) is 0 Å². The highest BCUT2D eigenvalue weighted by molar-refractivity contribution is 5.94. The normalized spacial score (nSPS) is 15.6. The van der Waals surface area contributed by atoms with Gasteiger partial charge in [0.15, 0.2) is 0 Å². The van der Waals surface area contributed by atoms with Crippen LogP contribution in [0.25, 0.3) is 0 Å². The van der Waals surface area contributed by atoms with Crippen molar-refractivity contribution in [3.63, 3.8) is 0 Å². The van der Waals surface area contributed by atoms with E-state index in [2.05, 4.69) is 57.6 Å². The monoisotopic (exact) mass is 399 g/mol. The average Bonchev–Trinajstić information content (AvgIpc) is 2.81. The zero-order valence-corrected chi connectivity index (χ0v) is 17.5. The molecule has 0 saturated carbocycles. The fourth-order valence-electron chi connectivity index (χ4n) is 3.93. The Balaban J connectivity index is 1.28. The van der Waals surface area contributed by atoms with Crippen LogP contribution < -0.4 is 10.2 Å². The number of benzene rings is 3. The van der Waals surface area contributed by atoms with Crippen LogP contribution in [0.4, 0.5) is 5.69 Å². The van der Waals surface area contributed by atoms with Crippen molar-refractivity contribution in [1.82, 2.24) is 10.2 Å². The maximum Gasteiger partial charge on any atom is 0.251 e. The van der Waals surface area contributed by atoms with E-state index in [1.807, 2.05) is 49.4 Å². The molecule has 4 nitrogen and oxygen atoms in total. The minimum Gasteiger partial charge on any atom is -0.369 e. The Bertz CT molecular complexity index is 933. The third-order valence-corrected chi connectivity index (χ3v) is 5.76. The number of hydrogen-bond donors (Lipinski definition) is 1. The molecule has 1 saturated heterocycles. The van der Waals surface area contributed by atoms with Gasteiger partial charge in [0.2, 0.25) is 0 Å². The molecule has 1 aliphatic heterocycles. The van der Waals surface area contributed by atoms with Crippen molar-refractivity contribution in [2.75, 3.05) is 31.1 Å². The molecule has 1 aliphatic rings. The molecule has 1 amide bonds. The first-order valence-corrected chi connectivity index (χ1v) is 10.7. The van der Waals surface area contributed by atoms with E-state index in [1.165, 1.54) is 11.3 Å². The zero-order chi connectivity index (χ0) is 20.8. The number of nitrogens with zero attached hydrogens (tertiary/aromatic N) is 2. The Morgan fingerprint density at radius 1 is 0.833 bits per heavy atom. The lowest BCUT2D eigenvalue weighted by atomic mass is 10.1. The molecule has 3 aromatic rings. The lowest BCUT2D eigenvalue weighted by Gasteiger charge is -2.36. The third-order valence-electron chi connectivity index (χ3n) is 5.76. The highest BCUT2D eigenvalue weighted by Gasteiger charge is 2.17. The van der Waals surface area contributed by atoms with Gasteiger partial charge in [-0.15, -0.1) is 0 Å². The van der Waals surface area contributed by atoms with Gasteiger partial charge in [-0.25, -0.2) is 0 Å². The maximum atomic E-state index is 12.6. The number of carbonyl (C=O) groups excluding carboxylic acids is 1. The molecule has 0 aliphatic carbocycles. The van der Waals surface area contributed by atoms with Gasteiger partial charge >= 0.3 is 0 Å². The molecule has 1 heterocycles. The van der Waals surface area contributed by atoms with Crippen LogP contribution in [0.2, 0.25) is 0 Å². The topological polar surface area (TPSA) is 35.6 Å². The lowest BCUT2D eigenvalue weighted by Crippen LogP contribution is -2.45. The van der Waals surface area contributed by atoms with Crippen molar-refractivity contribution in [1.29, 1.82) is 0 Å². The summed E-state index contributed by atoms with van der Waals surface area (Å²) in [7, 11) is 0. The van der Waals surface area contributed by atoms with Crippen LogP contribution in [-0.2, 0) is 6.54 Å². The average molecular weight is 400 g/mol. The van der Waals surface area contributed by atoms with Crippen molar-refractivity contribution in [3.05, 3.63) is 102 Å². The number of anilines is 1. The van der Waals surface area contributed by atoms with Gasteiger partial charge in [0.1, 0.15) is 0 Å². The minimum atomic E-state index is -0.0330. The van der Waals surface area contributed by atoms with Crippen molar-refractivity contribution < 1.29 is 4.79 Å². The van der Waals surface area contributed by atoms with Gasteiger partial charge in [-0.1, -0.05) is 60.7 Å². The lowest BCUT2D eigenvalue weighted by molar-refractivity contribution is 0.0940. The van der Waals surface area contributed by atoms with E-state index in [1.54, 1.807) is 0 Å². The van der Waals surface area contributed by atoms with Crippen LogP contribution >= 0.6 is 0 Å². The van der Waals surface area contributed by atoms with E-state index in [4.69, 9.17) is 0 Å². The van der Waals surface area contributed by atoms with Crippen LogP contribution in [0.1, 0.15) is 34.5 Å². The second-order valence-electron chi connectivity index (χ2n) is 7.90. The Kier molecular flexibility index (Phi) is 6.45. The third kappa shape index (κ3) is 5.08. The van der Waals surface area contributed by atoms with Crippen molar-refractivity contribution in [2.45, 2.75) is 19.5 Å². The number of hydrogen-bond acceptors (Lipinski definition) is 3. The molecule has 4 rings (SSSR count). The quantitative estimate of drug-likeness (QED) is 0.663. The fourth-order valence-corrected chi connectivity index (χ4v) is 3.93. The molecule has 1 N–H and O–H groups in total. The fraction of sp³-hybridized carbons (Fsp3) is 0.269. The molecular weight excluding hydrogens is 370 g/mol. The number of piperazine rings is 1. The van der Waals surface area contributed by atoms with E-state index in [9.17, 15) is 4.79 Å². The predicted octanol–water partition coefficient (Wildman–Crippen LogP) is 4.50. The van der Waals surface area contributed by atoms with Crippen LogP contribution in [0, 0.1) is 0 Å². The summed E-state index contributed by atoms with van der Waals surface area (Å²) in [5, 5.41) is 3.08. The summed E-state index contributed by atoms with van der Waals surface area (Å²) < 4.78 is 0. The van der Waals surface area contributed by atoms with E-state index in [-0.39, 0.29) is 11.9 Å². The molecule has 3 aromatic carbocycles. The Labute approximate surface area is 179 Å². The Morgan fingerprint density at radius 2 is 1.43 bits per heavy atom. The second-order valence-corrected chi connectivity index (χ2v) is 7.90. The largest absolute Gasteiger partial charge is 0.369 e. The molecule has 154 valence electrons. The maximum absolute atomic E-state index is 12.6. The van der Waals surface area contributed by atoms with Crippen molar-refractivity contribution >= 4 is 11.6 Å². The second kappa shape index (κ2) is 9.59. The van der Waals surface area contributed by atoms with Gasteiger partial charge < -0.3 is 10.2 Å². The first-order valence-electron chi connectivity index (χ1n) is 10.7. The van der Waals surface area contributed by atoms with Gasteiger partial charge in [0.25, 0.3) is 5.91 Å². The van der Waals surface area contributed by atoms with Crippen LogP contribution in [0.3, 0.4) is 0 Å². The van der Waals surface area contributed by atoms with E-state index in [0.717, 1.165) is 38.3 Å². The van der Waals surface area contributed by atoms with Gasteiger partial charge in [-0.3, -0.25) is 9.69 Å². The van der Waals surface area contributed by atoms with Crippen LogP contribution in [0.5, 0.6) is 0 Å². The number of rotatable bonds is 6. The SMILES string of the molecule is CC(NC(=O)c1ccc(CN2CCN(c3ccccc3)CC2)cc1)c1ccccc1. The first-order chi connectivity index (χ1) is 14.7. The number of amides is 1. The molecule has 4 heteroatoms. The Hall–Kier alpha value is -3.11. The van der Waals surface area contributed by atoms with Gasteiger partial charge in [0, 0.05) is 44.0 Å². The van der Waals surface area contributed by atoms with E-state index in [0.29, 0.717) is 5.56 Å². The van der Waals surface area contributed by atoms with Gasteiger partial charge in [-0.05, 0) is 42.3 Å².